The van der Waals surface area contributed by atoms with Crippen molar-refractivity contribution < 1.29 is 17.9 Å². The van der Waals surface area contributed by atoms with E-state index in [1.807, 2.05) is 18.2 Å². The molecule has 0 aliphatic heterocycles. The first-order chi connectivity index (χ1) is 18.7. The van der Waals surface area contributed by atoms with Gasteiger partial charge in [-0.1, -0.05) is 65.7 Å². The van der Waals surface area contributed by atoms with Crippen molar-refractivity contribution in [3.8, 4) is 11.4 Å². The van der Waals surface area contributed by atoms with Crippen LogP contribution < -0.4 is 10.3 Å². The lowest BCUT2D eigenvalue weighted by Crippen LogP contribution is -2.22. The van der Waals surface area contributed by atoms with Crippen molar-refractivity contribution in [2.24, 2.45) is 0 Å². The number of ether oxygens (including phenoxy) is 1. The summed E-state index contributed by atoms with van der Waals surface area (Å²) in [5, 5.41) is 1.22. The molecule has 0 bridgehead atoms. The van der Waals surface area contributed by atoms with Crippen molar-refractivity contribution in [3.05, 3.63) is 134 Å². The Labute approximate surface area is 231 Å². The molecule has 4 aromatic carbocycles. The molecule has 196 valence electrons. The van der Waals surface area contributed by atoms with Crippen LogP contribution >= 0.6 is 23.2 Å². The quantitative estimate of drug-likeness (QED) is 0.207. The minimum atomic E-state index is -4.55. The van der Waals surface area contributed by atoms with Gasteiger partial charge >= 0.3 is 6.18 Å². The minimum Gasteiger partial charge on any atom is -0.489 e. The zero-order valence-corrected chi connectivity index (χ0v) is 21.6. The van der Waals surface area contributed by atoms with Crippen LogP contribution in [0.5, 0.6) is 5.75 Å². The Bertz CT molecular complexity index is 1750. The van der Waals surface area contributed by atoms with Gasteiger partial charge in [-0.25, -0.2) is 4.98 Å². The summed E-state index contributed by atoms with van der Waals surface area (Å²) < 4.78 is 47.2. The molecule has 0 aliphatic rings. The molecule has 4 nitrogen and oxygen atoms in total. The summed E-state index contributed by atoms with van der Waals surface area (Å²) in [4.78, 5) is 17.9. The van der Waals surface area contributed by atoms with Gasteiger partial charge in [0, 0.05) is 0 Å². The van der Waals surface area contributed by atoms with Crippen LogP contribution in [0.25, 0.3) is 28.7 Å². The summed E-state index contributed by atoms with van der Waals surface area (Å²) in [6.45, 7) is 0.302. The van der Waals surface area contributed by atoms with E-state index in [9.17, 15) is 18.0 Å². The summed E-state index contributed by atoms with van der Waals surface area (Å²) >= 11 is 12.0. The number of hydrogen-bond acceptors (Lipinski definition) is 3. The van der Waals surface area contributed by atoms with Crippen molar-refractivity contribution in [2.75, 3.05) is 0 Å². The molecule has 0 amide bonds. The van der Waals surface area contributed by atoms with E-state index in [0.717, 1.165) is 23.3 Å². The molecule has 0 saturated carbocycles. The van der Waals surface area contributed by atoms with Crippen molar-refractivity contribution >= 4 is 46.3 Å². The third-order valence-electron chi connectivity index (χ3n) is 5.93. The van der Waals surface area contributed by atoms with Crippen LogP contribution in [-0.2, 0) is 12.8 Å². The number of para-hydroxylation sites is 1. The molecule has 0 N–H and O–H groups in total. The molecule has 0 spiro atoms. The maximum Gasteiger partial charge on any atom is 0.416 e. The second-order valence-corrected chi connectivity index (χ2v) is 9.43. The van der Waals surface area contributed by atoms with Gasteiger partial charge in [0.1, 0.15) is 18.2 Å². The zero-order chi connectivity index (χ0) is 27.6. The molecule has 0 radical (unpaired) electrons. The highest BCUT2D eigenvalue weighted by atomic mass is 35.5. The van der Waals surface area contributed by atoms with Crippen molar-refractivity contribution in [1.82, 2.24) is 9.55 Å². The van der Waals surface area contributed by atoms with Crippen molar-refractivity contribution in [1.29, 1.82) is 0 Å². The van der Waals surface area contributed by atoms with E-state index < -0.39 is 17.3 Å². The predicted molar refractivity (Wildman–Crippen MR) is 149 cm³/mol. The number of nitrogens with zero attached hydrogens (tertiary/aromatic N) is 2. The highest BCUT2D eigenvalue weighted by Crippen LogP contribution is 2.30. The van der Waals surface area contributed by atoms with Gasteiger partial charge in [0.15, 0.2) is 0 Å². The Balaban J connectivity index is 1.45. The lowest BCUT2D eigenvalue weighted by molar-refractivity contribution is -0.137. The highest BCUT2D eigenvalue weighted by Gasteiger charge is 2.30. The topological polar surface area (TPSA) is 44.1 Å². The van der Waals surface area contributed by atoms with Crippen LogP contribution in [0.3, 0.4) is 0 Å². The Morgan fingerprint density at radius 3 is 2.36 bits per heavy atom. The Kier molecular flexibility index (Phi) is 7.46. The molecule has 0 unspecified atom stereocenters. The maximum absolute atomic E-state index is 13.4. The van der Waals surface area contributed by atoms with Crippen LogP contribution in [0.2, 0.25) is 10.0 Å². The number of benzene rings is 4. The number of aromatic nitrogens is 2. The van der Waals surface area contributed by atoms with Crippen LogP contribution in [0, 0.1) is 0 Å². The van der Waals surface area contributed by atoms with Gasteiger partial charge in [0.25, 0.3) is 5.56 Å². The van der Waals surface area contributed by atoms with E-state index in [2.05, 4.69) is 4.98 Å². The summed E-state index contributed by atoms with van der Waals surface area (Å²) in [6.07, 6.45) is -1.23. The summed E-state index contributed by atoms with van der Waals surface area (Å²) in [7, 11) is 0. The normalized spacial score (nSPS) is 11.8. The zero-order valence-electron chi connectivity index (χ0n) is 20.1. The molecule has 0 atom stereocenters. The maximum atomic E-state index is 13.4. The van der Waals surface area contributed by atoms with E-state index in [0.29, 0.717) is 33.3 Å². The lowest BCUT2D eigenvalue weighted by Gasteiger charge is -2.14. The fourth-order valence-corrected chi connectivity index (χ4v) is 4.30. The molecule has 0 fully saturated rings. The van der Waals surface area contributed by atoms with Crippen LogP contribution in [-0.4, -0.2) is 9.55 Å². The molecule has 5 rings (SSSR count). The largest absolute Gasteiger partial charge is 0.489 e. The van der Waals surface area contributed by atoms with E-state index in [1.165, 1.54) is 16.7 Å². The second kappa shape index (κ2) is 11.0. The summed E-state index contributed by atoms with van der Waals surface area (Å²) in [5.74, 6) is 0.820. The molecule has 39 heavy (non-hydrogen) atoms. The van der Waals surface area contributed by atoms with Gasteiger partial charge in [-0.2, -0.15) is 13.2 Å². The number of alkyl halides is 3. The van der Waals surface area contributed by atoms with Gasteiger partial charge in [0.05, 0.1) is 32.2 Å². The third-order valence-corrected chi connectivity index (χ3v) is 6.67. The van der Waals surface area contributed by atoms with E-state index in [-0.39, 0.29) is 11.5 Å². The lowest BCUT2D eigenvalue weighted by atomic mass is 10.1. The van der Waals surface area contributed by atoms with Gasteiger partial charge in [-0.15, -0.1) is 0 Å². The van der Waals surface area contributed by atoms with E-state index in [1.54, 1.807) is 60.7 Å². The first kappa shape index (κ1) is 26.5. The SMILES string of the molecule is O=c1c2ccccc2nc(C=Cc2ccc(OCc3ccc(Cl)c(Cl)c3)cc2)n1-c1cccc(C(F)(F)F)c1. The van der Waals surface area contributed by atoms with Gasteiger partial charge < -0.3 is 4.74 Å². The first-order valence-electron chi connectivity index (χ1n) is 11.7. The second-order valence-electron chi connectivity index (χ2n) is 8.62. The molecule has 1 aromatic heterocycles. The van der Waals surface area contributed by atoms with Gasteiger partial charge in [0.2, 0.25) is 0 Å². The van der Waals surface area contributed by atoms with Crippen molar-refractivity contribution in [3.63, 3.8) is 0 Å². The molecular formula is C30H19Cl2F3N2O2. The van der Waals surface area contributed by atoms with Crippen molar-refractivity contribution in [2.45, 2.75) is 12.8 Å². The van der Waals surface area contributed by atoms with Crippen LogP contribution in [0.1, 0.15) is 22.5 Å². The molecular weight excluding hydrogens is 548 g/mol. The summed E-state index contributed by atoms with van der Waals surface area (Å²) in [6, 6.07) is 23.8. The highest BCUT2D eigenvalue weighted by molar-refractivity contribution is 6.42. The van der Waals surface area contributed by atoms with E-state index >= 15 is 0 Å². The average Bonchev–Trinajstić information content (AvgIpc) is 2.93. The number of hydrogen-bond donors (Lipinski definition) is 0. The average molecular weight is 567 g/mol. The summed E-state index contributed by atoms with van der Waals surface area (Å²) in [5.41, 5.74) is 0.825. The van der Waals surface area contributed by atoms with Gasteiger partial charge in [-0.3, -0.25) is 9.36 Å². The molecule has 9 heteroatoms. The molecule has 5 aromatic rings. The number of rotatable bonds is 6. The number of fused-ring (bicyclic) bond motifs is 1. The molecule has 0 aliphatic carbocycles. The molecule has 0 saturated heterocycles. The van der Waals surface area contributed by atoms with E-state index in [4.69, 9.17) is 27.9 Å². The predicted octanol–water partition coefficient (Wildman–Crippen LogP) is 8.46. The fraction of sp³-hybridized carbons (Fsp3) is 0.0667. The van der Waals surface area contributed by atoms with Crippen LogP contribution in [0.15, 0.2) is 95.8 Å². The Morgan fingerprint density at radius 2 is 1.62 bits per heavy atom. The minimum absolute atomic E-state index is 0.0683. The molecule has 1 heterocycles. The number of halogens is 5. The Morgan fingerprint density at radius 1 is 0.846 bits per heavy atom. The fourth-order valence-electron chi connectivity index (χ4n) is 3.97. The monoisotopic (exact) mass is 566 g/mol. The standard InChI is InChI=1S/C30H19Cl2F3N2O2/c31-25-14-10-20(16-26(25)32)18-39-23-12-8-19(9-13-23)11-15-28-36-27-7-2-1-6-24(27)29(38)37(28)22-5-3-4-21(17-22)30(33,34)35/h1-17H,18H2. The van der Waals surface area contributed by atoms with Gasteiger partial charge in [-0.05, 0) is 71.8 Å². The third kappa shape index (κ3) is 6.00. The first-order valence-corrected chi connectivity index (χ1v) is 12.5. The van der Waals surface area contributed by atoms with Crippen LogP contribution in [0.4, 0.5) is 13.2 Å². The smallest absolute Gasteiger partial charge is 0.416 e. The Hall–Kier alpha value is -4.07.